The van der Waals surface area contributed by atoms with Crippen LogP contribution in [0, 0.1) is 52.4 Å². The van der Waals surface area contributed by atoms with Crippen molar-refractivity contribution in [3.8, 4) is 67.5 Å². The summed E-state index contributed by atoms with van der Waals surface area (Å²) in [6.45, 7) is 50.9. The van der Waals surface area contributed by atoms with Crippen LogP contribution in [-0.2, 0) is 87.6 Å². The van der Waals surface area contributed by atoms with Crippen LogP contribution in [-0.4, -0.2) is 0 Å². The highest BCUT2D eigenvalue weighted by molar-refractivity contribution is 5.72. The average Bonchev–Trinajstić information content (AvgIpc) is 1.50. The van der Waals surface area contributed by atoms with E-state index in [-0.39, 0.29) is 38.9 Å². The molecule has 12 aromatic rings. The molecule has 6 heterocycles. The molecule has 0 N–H and O–H groups in total. The van der Waals surface area contributed by atoms with Crippen molar-refractivity contribution in [3.63, 3.8) is 0 Å². The second kappa shape index (κ2) is 34.7. The molecule has 7 atom stereocenters. The number of pyridine rings is 6. The van der Waals surface area contributed by atoms with E-state index in [2.05, 4.69) is 428 Å². The van der Waals surface area contributed by atoms with E-state index in [9.17, 15) is 1.37 Å². The Hall–Kier alpha value is -9.78. The third-order valence-electron chi connectivity index (χ3n) is 32.7. The van der Waals surface area contributed by atoms with Crippen LogP contribution in [0.2, 0.25) is 0 Å². The molecule has 0 amide bonds. The van der Waals surface area contributed by atoms with E-state index < -0.39 is 11.8 Å². The number of benzene rings is 6. The van der Waals surface area contributed by atoms with E-state index in [0.717, 1.165) is 60.8 Å². The van der Waals surface area contributed by atoms with Gasteiger partial charge in [0.2, 0.25) is 34.2 Å². The fraction of sp³-hybridized carbons (Fsp3) is 0.450. The Kier molecular flexibility index (Phi) is 23.9. The van der Waals surface area contributed by atoms with Gasteiger partial charge in [0.25, 0.3) is 0 Å². The van der Waals surface area contributed by atoms with Crippen LogP contribution in [0.3, 0.4) is 0 Å². The topological polar surface area (TPSA) is 23.3 Å². The van der Waals surface area contributed by atoms with Crippen molar-refractivity contribution < 1.29 is 31.5 Å². The lowest BCUT2D eigenvalue weighted by Gasteiger charge is -2.34. The highest BCUT2D eigenvalue weighted by Crippen LogP contribution is 2.69. The predicted molar refractivity (Wildman–Crippen MR) is 526 cm³/mol. The number of aryl methyl sites for hydroxylation is 12. The van der Waals surface area contributed by atoms with Gasteiger partial charge in [-0.2, -0.15) is 0 Å². The molecule has 6 nitrogen and oxygen atoms in total. The van der Waals surface area contributed by atoms with Gasteiger partial charge in [-0.25, -0.2) is 27.4 Å². The highest BCUT2D eigenvalue weighted by atomic mass is 15.0. The van der Waals surface area contributed by atoms with E-state index in [1.165, 1.54) is 180 Å². The van der Waals surface area contributed by atoms with Gasteiger partial charge in [0.15, 0.2) is 37.2 Å². The summed E-state index contributed by atoms with van der Waals surface area (Å²) in [6, 6.07) is 65.7. The molecule has 126 heavy (non-hydrogen) atoms. The fourth-order valence-electron chi connectivity index (χ4n) is 25.2. The van der Waals surface area contributed by atoms with Crippen molar-refractivity contribution in [2.24, 2.45) is 53.1 Å². The van der Waals surface area contributed by atoms with Crippen LogP contribution in [0.1, 0.15) is 316 Å². The highest BCUT2D eigenvalue weighted by Gasteiger charge is 2.62. The molecule has 8 aliphatic carbocycles. The Morgan fingerprint density at radius 1 is 0.341 bits per heavy atom. The van der Waals surface area contributed by atoms with Gasteiger partial charge < -0.3 is 0 Å². The maximum absolute atomic E-state index is 9.25. The first-order chi connectivity index (χ1) is 60.7. The summed E-state index contributed by atoms with van der Waals surface area (Å²) in [5, 5.41) is 0. The SMILES string of the molecule is CCC1CCCc2c1cc[n+](C)c2-c1ccccc1C.Cc1ccccc1-c1c2c(cc[n+]1C)C(C)(C)CC2(C)C.Cc1ccccc1-c1cc2c(c[n+]1C)C(C)(C)CC2(C)C.Cc1ccccc1-c1cc2c(c[n+]1C)C1(C)CCC2C1(C)C.[2H]C12CCC(C)(c3c[n+](C)c(-c4ccccc4C)cc31)C2(C)C.[2H]C1CCC([2H])(CC)c2cc[n+](C)c(-c3ccccc3C)c21. The molecule has 2 saturated carbocycles. The molecule has 6 aromatic carbocycles. The molecule has 6 aromatic heterocycles. The smallest absolute Gasteiger partial charge is 0.201 e. The third kappa shape index (κ3) is 16.1. The molecule has 8 aliphatic rings. The van der Waals surface area contributed by atoms with Crippen LogP contribution in [0.15, 0.2) is 219 Å². The molecule has 6 heteroatoms. The maximum atomic E-state index is 9.25. The molecule has 2 fully saturated rings. The lowest BCUT2D eigenvalue weighted by atomic mass is 9.69. The maximum Gasteiger partial charge on any atom is 0.216 e. The molecular weight excluding hydrogens is 1530 g/mol. The van der Waals surface area contributed by atoms with E-state index in [1.807, 2.05) is 13.1 Å². The zero-order valence-electron chi connectivity index (χ0n) is 85.4. The number of fused-ring (bicyclic) bond motifs is 14. The number of aromatic nitrogens is 6. The van der Waals surface area contributed by atoms with Crippen molar-refractivity contribution in [2.45, 2.75) is 298 Å². The van der Waals surface area contributed by atoms with Gasteiger partial charge in [0.05, 0.1) is 0 Å². The Labute approximate surface area is 765 Å². The van der Waals surface area contributed by atoms with Crippen molar-refractivity contribution >= 4 is 0 Å². The molecule has 0 spiro atoms. The lowest BCUT2D eigenvalue weighted by Crippen LogP contribution is -2.36. The standard InChI is InChI=1S/2C21H26N.2C20H26N.2C19H24N/c2*1-14-8-6-7-9-15(14)19-12-16-17-10-11-21(4,20(17,2)3)18(16)13-22(19)5;1-14-9-7-8-10-15(14)18-11-16-17(12-21(18)6)20(4,5)13-19(16,2)3;1-14-9-7-8-10-15(14)18-17-16(11-12-21(18)6)19(2,3)13-20(17,4)5;2*1-4-15-9-7-11-18-17(15)12-13-20(3)19(18)16-10-6-5-8-14(16)2/h2*6-9,12-13,17H,10-11H2,1-5H3;2*7-12H,13H2,1-6H3;2*5-6,8,10,12-13,15H,4,7,9,11H2,1-3H3/q6*+1/i17D;;;;11D,15D;. The minimum atomic E-state index is -0.543. The van der Waals surface area contributed by atoms with Gasteiger partial charge in [-0.05, 0) is 291 Å². The largest absolute Gasteiger partial charge is 0.216 e. The summed E-state index contributed by atoms with van der Waals surface area (Å²) in [4.78, 5) is 0. The van der Waals surface area contributed by atoms with Gasteiger partial charge in [0, 0.05) is 118 Å². The van der Waals surface area contributed by atoms with Crippen LogP contribution in [0.25, 0.3) is 67.5 Å². The summed E-state index contributed by atoms with van der Waals surface area (Å²) >= 11 is 0. The summed E-state index contributed by atoms with van der Waals surface area (Å²) in [5.74, 6) is 0.473. The summed E-state index contributed by atoms with van der Waals surface area (Å²) in [6.07, 6.45) is 28.1. The van der Waals surface area contributed by atoms with E-state index in [0.29, 0.717) is 10.8 Å². The van der Waals surface area contributed by atoms with E-state index in [4.69, 9.17) is 2.74 Å². The molecule has 0 saturated heterocycles. The molecule has 0 aliphatic heterocycles. The van der Waals surface area contributed by atoms with Gasteiger partial charge >= 0.3 is 0 Å². The Morgan fingerprint density at radius 3 is 1.22 bits per heavy atom. The minimum Gasteiger partial charge on any atom is -0.201 e. The monoisotopic (exact) mass is 1680 g/mol. The van der Waals surface area contributed by atoms with Crippen LogP contribution in [0.5, 0.6) is 0 Å². The van der Waals surface area contributed by atoms with Crippen LogP contribution in [0.4, 0.5) is 0 Å². The van der Waals surface area contributed by atoms with Gasteiger partial charge in [0.1, 0.15) is 42.3 Å². The van der Waals surface area contributed by atoms with Crippen LogP contribution < -0.4 is 27.4 Å². The molecule has 0 radical (unpaired) electrons. The first kappa shape index (κ1) is 86.9. The zero-order valence-corrected chi connectivity index (χ0v) is 82.4. The Morgan fingerprint density at radius 2 is 0.730 bits per heavy atom. The first-order valence-electron chi connectivity index (χ1n) is 49.3. The summed E-state index contributed by atoms with van der Waals surface area (Å²) in [5.41, 5.74) is 42.7. The van der Waals surface area contributed by atoms with Crippen molar-refractivity contribution in [1.29, 1.82) is 0 Å². The Balaban J connectivity index is 0.000000119. The zero-order chi connectivity index (χ0) is 93.2. The lowest BCUT2D eigenvalue weighted by molar-refractivity contribution is -0.661. The predicted octanol–water partition coefficient (Wildman–Crippen LogP) is 26.8. The van der Waals surface area contributed by atoms with Gasteiger partial charge in [-0.1, -0.05) is 220 Å². The van der Waals surface area contributed by atoms with E-state index in [1.54, 1.807) is 22.3 Å². The molecular formula is C120H152N6+6. The normalized spacial score (nSPS) is 23.7. The number of nitrogens with zero attached hydrogens (tertiary/aromatic N) is 6. The van der Waals surface area contributed by atoms with Crippen molar-refractivity contribution in [1.82, 2.24) is 0 Å². The average molecular weight is 1680 g/mol. The minimum absolute atomic E-state index is 0.0142. The van der Waals surface area contributed by atoms with E-state index >= 15 is 0 Å². The Bertz CT molecular complexity index is 6300. The number of rotatable bonds is 8. The number of hydrogen-bond donors (Lipinski definition) is 0. The van der Waals surface area contributed by atoms with Gasteiger partial charge in [-0.15, -0.1) is 0 Å². The molecule has 7 unspecified atom stereocenters. The molecule has 20 rings (SSSR count). The second-order valence-corrected chi connectivity index (χ2v) is 43.3. The quantitative estimate of drug-likeness (QED) is 0.135. The first-order valence-corrected chi connectivity index (χ1v) is 47.7. The van der Waals surface area contributed by atoms with Gasteiger partial charge in [-0.3, -0.25) is 0 Å². The van der Waals surface area contributed by atoms with Crippen LogP contribution >= 0.6 is 0 Å². The summed E-state index contributed by atoms with van der Waals surface area (Å²) < 4.78 is 40.3. The fourth-order valence-corrected chi connectivity index (χ4v) is 25.2. The number of hydrogen-bond acceptors (Lipinski definition) is 0. The van der Waals surface area contributed by atoms with Crippen molar-refractivity contribution in [3.05, 3.63) is 319 Å². The second-order valence-electron chi connectivity index (χ2n) is 43.3. The molecule has 4 bridgehead atoms. The molecule has 656 valence electrons. The van der Waals surface area contributed by atoms with Crippen molar-refractivity contribution in [2.75, 3.05) is 0 Å². The summed E-state index contributed by atoms with van der Waals surface area (Å²) in [7, 11) is 12.9. The third-order valence-corrected chi connectivity index (χ3v) is 32.7.